The fourth-order valence-electron chi connectivity index (χ4n) is 1.56. The lowest BCUT2D eigenvalue weighted by Crippen LogP contribution is -2.30. The van der Waals surface area contributed by atoms with Gasteiger partial charge in [0.15, 0.2) is 6.61 Å². The average Bonchev–Trinajstić information content (AvgIpc) is 2.48. The van der Waals surface area contributed by atoms with Gasteiger partial charge in [0.25, 0.3) is 5.91 Å². The Labute approximate surface area is 138 Å². The lowest BCUT2D eigenvalue weighted by molar-refractivity contribution is -0.124. The predicted octanol–water partition coefficient (Wildman–Crippen LogP) is 0.297. The number of carbonyl (C=O) groups is 2. The fraction of sp³-hybridized carbons (Fsp3) is 0.385. The van der Waals surface area contributed by atoms with Crippen molar-refractivity contribution in [1.29, 1.82) is 0 Å². The molecule has 0 fully saturated rings. The average molecular weight is 365 g/mol. The minimum absolute atomic E-state index is 0.0781. The van der Waals surface area contributed by atoms with Gasteiger partial charge in [-0.15, -0.1) is 0 Å². The summed E-state index contributed by atoms with van der Waals surface area (Å²) in [5.74, 6) is -1.34. The van der Waals surface area contributed by atoms with Crippen molar-refractivity contribution in [3.8, 4) is 0 Å². The first-order valence-corrected chi connectivity index (χ1v) is 8.43. The van der Waals surface area contributed by atoms with Crippen LogP contribution in [0.5, 0.6) is 0 Å². The molecule has 8 nitrogen and oxygen atoms in total. The van der Waals surface area contributed by atoms with Gasteiger partial charge in [0.1, 0.15) is 4.90 Å². The molecule has 0 saturated heterocycles. The van der Waals surface area contributed by atoms with Gasteiger partial charge in [0, 0.05) is 20.3 Å². The van der Waals surface area contributed by atoms with Gasteiger partial charge in [-0.1, -0.05) is 11.6 Å². The van der Waals surface area contributed by atoms with Crippen LogP contribution < -0.4 is 10.5 Å². The number of nitrogens with one attached hydrogen (secondary N) is 1. The highest BCUT2D eigenvalue weighted by Gasteiger charge is 2.17. The Morgan fingerprint density at radius 2 is 2.04 bits per heavy atom. The number of amides is 1. The summed E-state index contributed by atoms with van der Waals surface area (Å²) in [6.07, 6.45) is 0.630. The van der Waals surface area contributed by atoms with E-state index in [9.17, 15) is 18.0 Å². The molecule has 10 heteroatoms. The molecule has 1 amide bonds. The zero-order valence-corrected chi connectivity index (χ0v) is 13.9. The molecule has 1 aromatic carbocycles. The zero-order valence-electron chi connectivity index (χ0n) is 12.4. The molecule has 0 radical (unpaired) electrons. The van der Waals surface area contributed by atoms with E-state index < -0.39 is 33.4 Å². The van der Waals surface area contributed by atoms with Gasteiger partial charge in [-0.05, 0) is 24.6 Å². The monoisotopic (exact) mass is 364 g/mol. The summed E-state index contributed by atoms with van der Waals surface area (Å²) in [7, 11) is -2.52. The van der Waals surface area contributed by atoms with Crippen molar-refractivity contribution in [3.05, 3.63) is 28.8 Å². The molecule has 0 aliphatic carbocycles. The number of hydrogen-bond donors (Lipinski definition) is 2. The number of benzene rings is 1. The van der Waals surface area contributed by atoms with E-state index in [-0.39, 0.29) is 10.6 Å². The number of hydrogen-bond acceptors (Lipinski definition) is 6. The number of carbonyl (C=O) groups excluding carboxylic acids is 2. The van der Waals surface area contributed by atoms with E-state index in [2.05, 4.69) is 5.32 Å². The molecule has 1 aromatic rings. The molecule has 0 atom stereocenters. The highest BCUT2D eigenvalue weighted by Crippen LogP contribution is 2.21. The van der Waals surface area contributed by atoms with E-state index in [1.807, 2.05) is 0 Å². The maximum Gasteiger partial charge on any atom is 0.338 e. The molecule has 1 rings (SSSR count). The maximum absolute atomic E-state index is 11.8. The van der Waals surface area contributed by atoms with Crippen molar-refractivity contribution < 1.29 is 27.5 Å². The van der Waals surface area contributed by atoms with E-state index in [1.165, 1.54) is 12.1 Å². The fourth-order valence-corrected chi connectivity index (χ4v) is 2.63. The normalized spacial score (nSPS) is 11.1. The predicted molar refractivity (Wildman–Crippen MR) is 82.6 cm³/mol. The molecule has 0 aliphatic rings. The minimum atomic E-state index is -4.07. The number of halogens is 1. The van der Waals surface area contributed by atoms with Crippen LogP contribution in [0.1, 0.15) is 16.8 Å². The third-order valence-electron chi connectivity index (χ3n) is 2.66. The Bertz CT molecular complexity index is 677. The Hall–Kier alpha value is -1.68. The lowest BCUT2D eigenvalue weighted by atomic mass is 10.2. The van der Waals surface area contributed by atoms with Crippen molar-refractivity contribution in [2.75, 3.05) is 26.9 Å². The van der Waals surface area contributed by atoms with E-state index in [0.717, 1.165) is 6.07 Å². The third kappa shape index (κ3) is 6.53. The van der Waals surface area contributed by atoms with Gasteiger partial charge < -0.3 is 14.8 Å². The number of nitrogens with two attached hydrogens (primary N) is 1. The number of rotatable bonds is 8. The van der Waals surface area contributed by atoms with Crippen molar-refractivity contribution in [1.82, 2.24) is 5.32 Å². The molecule has 3 N–H and O–H groups in total. The van der Waals surface area contributed by atoms with Gasteiger partial charge in [-0.2, -0.15) is 0 Å². The first kappa shape index (κ1) is 19.4. The first-order valence-electron chi connectivity index (χ1n) is 6.51. The number of sulfonamides is 1. The molecule has 0 aliphatic heterocycles. The smallest absolute Gasteiger partial charge is 0.338 e. The van der Waals surface area contributed by atoms with Crippen LogP contribution in [0.15, 0.2) is 23.1 Å². The zero-order chi connectivity index (χ0) is 17.5. The molecule has 128 valence electrons. The standard InChI is InChI=1S/C13H17ClN2O6S/c1-21-6-2-5-16-12(17)8-22-13(18)9-3-4-10(14)11(7-9)23(15,19)20/h3-4,7H,2,5-6,8H2,1H3,(H,16,17)(H2,15,19,20). The second-order valence-corrected chi connectivity index (χ2v) is 6.40. The van der Waals surface area contributed by atoms with Crippen LogP contribution in [0.3, 0.4) is 0 Å². The molecule has 0 saturated carbocycles. The van der Waals surface area contributed by atoms with Gasteiger partial charge >= 0.3 is 5.97 Å². The lowest BCUT2D eigenvalue weighted by Gasteiger charge is -2.08. The van der Waals surface area contributed by atoms with Crippen LogP contribution in [-0.2, 0) is 24.3 Å². The number of ether oxygens (including phenoxy) is 2. The molecular formula is C13H17ClN2O6S. The third-order valence-corrected chi connectivity index (χ3v) is 4.05. The van der Waals surface area contributed by atoms with Crippen LogP contribution in [0, 0.1) is 0 Å². The highest BCUT2D eigenvalue weighted by molar-refractivity contribution is 7.89. The van der Waals surface area contributed by atoms with Crippen molar-refractivity contribution >= 4 is 33.5 Å². The molecule has 0 spiro atoms. The summed E-state index contributed by atoms with van der Waals surface area (Å²) >= 11 is 5.71. The minimum Gasteiger partial charge on any atom is -0.452 e. The largest absolute Gasteiger partial charge is 0.452 e. The number of methoxy groups -OCH3 is 1. The second kappa shape index (κ2) is 8.82. The van der Waals surface area contributed by atoms with Gasteiger partial charge in [-0.25, -0.2) is 18.4 Å². The van der Waals surface area contributed by atoms with E-state index in [4.69, 9.17) is 26.2 Å². The molecular weight excluding hydrogens is 348 g/mol. The Kier molecular flexibility index (Phi) is 7.43. The summed E-state index contributed by atoms with van der Waals surface area (Å²) in [6.45, 7) is 0.404. The summed E-state index contributed by atoms with van der Waals surface area (Å²) < 4.78 is 32.3. The maximum atomic E-state index is 11.8. The van der Waals surface area contributed by atoms with Gasteiger partial charge in [0.2, 0.25) is 10.0 Å². The van der Waals surface area contributed by atoms with Crippen molar-refractivity contribution in [2.24, 2.45) is 5.14 Å². The summed E-state index contributed by atoms with van der Waals surface area (Å²) in [5, 5.41) is 7.41. The Morgan fingerprint density at radius 1 is 1.35 bits per heavy atom. The SMILES string of the molecule is COCCCNC(=O)COC(=O)c1ccc(Cl)c(S(N)(=O)=O)c1. The van der Waals surface area contributed by atoms with Crippen LogP contribution >= 0.6 is 11.6 Å². The summed E-state index contributed by atoms with van der Waals surface area (Å²) in [4.78, 5) is 22.9. The Morgan fingerprint density at radius 3 is 2.65 bits per heavy atom. The quantitative estimate of drug-likeness (QED) is 0.504. The molecule has 0 aromatic heterocycles. The number of primary sulfonamides is 1. The molecule has 0 unspecified atom stereocenters. The second-order valence-electron chi connectivity index (χ2n) is 4.46. The van der Waals surface area contributed by atoms with Crippen LogP contribution in [-0.4, -0.2) is 47.2 Å². The van der Waals surface area contributed by atoms with Crippen LogP contribution in [0.25, 0.3) is 0 Å². The van der Waals surface area contributed by atoms with Crippen molar-refractivity contribution in [3.63, 3.8) is 0 Å². The van der Waals surface area contributed by atoms with Crippen LogP contribution in [0.2, 0.25) is 5.02 Å². The molecule has 0 bridgehead atoms. The first-order chi connectivity index (χ1) is 10.8. The summed E-state index contributed by atoms with van der Waals surface area (Å²) in [6, 6.07) is 3.48. The topological polar surface area (TPSA) is 125 Å². The van der Waals surface area contributed by atoms with E-state index in [0.29, 0.717) is 19.6 Å². The van der Waals surface area contributed by atoms with Crippen LogP contribution in [0.4, 0.5) is 0 Å². The van der Waals surface area contributed by atoms with Gasteiger partial charge in [0.05, 0.1) is 10.6 Å². The van der Waals surface area contributed by atoms with E-state index in [1.54, 1.807) is 7.11 Å². The molecule has 0 heterocycles. The summed E-state index contributed by atoms with van der Waals surface area (Å²) in [5.41, 5.74) is -0.0781. The van der Waals surface area contributed by atoms with E-state index >= 15 is 0 Å². The Balaban J connectivity index is 2.60. The van der Waals surface area contributed by atoms with Gasteiger partial charge in [-0.3, -0.25) is 4.79 Å². The molecule has 23 heavy (non-hydrogen) atoms. The highest BCUT2D eigenvalue weighted by atomic mass is 35.5. The number of esters is 1. The van der Waals surface area contributed by atoms with Crippen molar-refractivity contribution in [2.45, 2.75) is 11.3 Å².